The molecule has 0 atom stereocenters. The molecule has 1 aromatic heterocycles. The van der Waals surface area contributed by atoms with Crippen LogP contribution in [0.15, 0.2) is 28.8 Å². The van der Waals surface area contributed by atoms with E-state index >= 15 is 0 Å². The first-order valence-electron chi connectivity index (χ1n) is 6.28. The van der Waals surface area contributed by atoms with E-state index < -0.39 is 0 Å². The highest BCUT2D eigenvalue weighted by molar-refractivity contribution is 6.30. The molecule has 3 rings (SSSR count). The summed E-state index contributed by atoms with van der Waals surface area (Å²) in [7, 11) is 0. The number of carbonyl (C=O) groups is 1. The molecule has 2 aromatic rings. The molecule has 0 fully saturated rings. The maximum absolute atomic E-state index is 12.2. The fourth-order valence-corrected chi connectivity index (χ4v) is 2.41. The molecule has 98 valence electrons. The van der Waals surface area contributed by atoms with Crippen LogP contribution in [0.5, 0.6) is 0 Å². The van der Waals surface area contributed by atoms with Gasteiger partial charge in [0.1, 0.15) is 5.76 Å². The van der Waals surface area contributed by atoms with Crippen LogP contribution < -0.4 is 5.32 Å². The van der Waals surface area contributed by atoms with Crippen LogP contribution in [0.3, 0.4) is 0 Å². The molecule has 1 N–H and O–H groups in total. The summed E-state index contributed by atoms with van der Waals surface area (Å²) < 4.78 is 5.23. The van der Waals surface area contributed by atoms with Gasteiger partial charge in [-0.25, -0.2) is 0 Å². The van der Waals surface area contributed by atoms with E-state index in [1.807, 2.05) is 0 Å². The summed E-state index contributed by atoms with van der Waals surface area (Å²) in [5.41, 5.74) is 2.06. The van der Waals surface area contributed by atoms with Gasteiger partial charge in [0.05, 0.1) is 0 Å². The van der Waals surface area contributed by atoms with Crippen molar-refractivity contribution in [2.75, 3.05) is 5.32 Å². The molecule has 0 bridgehead atoms. The van der Waals surface area contributed by atoms with Crippen LogP contribution in [0, 0.1) is 0 Å². The molecule has 1 amide bonds. The number of halogens is 1. The smallest absolute Gasteiger partial charge is 0.278 e. The number of fused-ring (bicyclic) bond motifs is 1. The highest BCUT2D eigenvalue weighted by Gasteiger charge is 2.23. The molecule has 5 heteroatoms. The van der Waals surface area contributed by atoms with Crippen molar-refractivity contribution in [1.29, 1.82) is 0 Å². The Labute approximate surface area is 115 Å². The van der Waals surface area contributed by atoms with Crippen LogP contribution in [-0.4, -0.2) is 11.1 Å². The lowest BCUT2D eigenvalue weighted by Crippen LogP contribution is -2.15. The average Bonchev–Trinajstić information content (AvgIpc) is 2.85. The van der Waals surface area contributed by atoms with Crippen molar-refractivity contribution in [2.45, 2.75) is 25.7 Å². The zero-order chi connectivity index (χ0) is 13.2. The number of nitrogens with zero attached hydrogens (tertiary/aromatic N) is 1. The Kier molecular flexibility index (Phi) is 3.25. The van der Waals surface area contributed by atoms with E-state index in [1.54, 1.807) is 24.3 Å². The van der Waals surface area contributed by atoms with E-state index in [2.05, 4.69) is 10.5 Å². The van der Waals surface area contributed by atoms with E-state index in [0.29, 0.717) is 16.4 Å². The van der Waals surface area contributed by atoms with Crippen LogP contribution in [0.25, 0.3) is 0 Å². The Bertz CT molecular complexity index is 604. The number of rotatable bonds is 2. The predicted molar refractivity (Wildman–Crippen MR) is 72.6 cm³/mol. The van der Waals surface area contributed by atoms with Gasteiger partial charge in [-0.2, -0.15) is 0 Å². The van der Waals surface area contributed by atoms with Gasteiger partial charge in [-0.15, -0.1) is 0 Å². The van der Waals surface area contributed by atoms with E-state index in [9.17, 15) is 4.79 Å². The van der Waals surface area contributed by atoms with Crippen LogP contribution in [0.2, 0.25) is 5.02 Å². The van der Waals surface area contributed by atoms with E-state index in [-0.39, 0.29) is 5.91 Å². The number of carbonyl (C=O) groups excluding carboxylic acids is 1. The van der Waals surface area contributed by atoms with Crippen molar-refractivity contribution in [3.8, 4) is 0 Å². The number of anilines is 1. The standard InChI is InChI=1S/C14H13ClN2O2/c15-9-5-7-10(8-6-9)16-14(18)13-11-3-1-2-4-12(11)19-17-13/h5-8H,1-4H2,(H,16,18). The van der Waals surface area contributed by atoms with Gasteiger partial charge in [0.25, 0.3) is 5.91 Å². The van der Waals surface area contributed by atoms with Crippen molar-refractivity contribution in [3.63, 3.8) is 0 Å². The SMILES string of the molecule is O=C(Nc1ccc(Cl)cc1)c1noc2c1CCCC2. The highest BCUT2D eigenvalue weighted by atomic mass is 35.5. The number of aryl methyl sites for hydroxylation is 1. The van der Waals surface area contributed by atoms with E-state index in [4.69, 9.17) is 16.1 Å². The molecule has 1 aromatic carbocycles. The molecular weight excluding hydrogens is 264 g/mol. The van der Waals surface area contributed by atoms with Crippen molar-refractivity contribution >= 4 is 23.2 Å². The summed E-state index contributed by atoms with van der Waals surface area (Å²) in [5.74, 6) is 0.627. The first-order valence-corrected chi connectivity index (χ1v) is 6.66. The van der Waals surface area contributed by atoms with Gasteiger partial charge in [-0.1, -0.05) is 16.8 Å². The average molecular weight is 277 g/mol. The van der Waals surface area contributed by atoms with Crippen molar-refractivity contribution in [1.82, 2.24) is 5.16 Å². The normalized spacial score (nSPS) is 13.9. The summed E-state index contributed by atoms with van der Waals surface area (Å²) in [5, 5.41) is 7.34. The lowest BCUT2D eigenvalue weighted by Gasteiger charge is -2.09. The molecule has 1 heterocycles. The number of benzene rings is 1. The second kappa shape index (κ2) is 5.05. The number of amides is 1. The Morgan fingerprint density at radius 2 is 1.95 bits per heavy atom. The first kappa shape index (κ1) is 12.2. The molecule has 0 spiro atoms. The van der Waals surface area contributed by atoms with Gasteiger partial charge in [-0.05, 0) is 43.5 Å². The Morgan fingerprint density at radius 3 is 2.74 bits per heavy atom. The third-order valence-corrected chi connectivity index (χ3v) is 3.52. The third kappa shape index (κ3) is 2.49. The molecule has 1 aliphatic carbocycles. The maximum atomic E-state index is 12.2. The largest absolute Gasteiger partial charge is 0.360 e. The second-order valence-electron chi connectivity index (χ2n) is 4.60. The van der Waals surface area contributed by atoms with Gasteiger partial charge in [-0.3, -0.25) is 4.79 Å². The fraction of sp³-hybridized carbons (Fsp3) is 0.286. The summed E-state index contributed by atoms with van der Waals surface area (Å²) in [6, 6.07) is 6.98. The first-order chi connectivity index (χ1) is 9.24. The van der Waals surface area contributed by atoms with Crippen molar-refractivity contribution < 1.29 is 9.32 Å². The Balaban J connectivity index is 1.80. The molecule has 0 aliphatic heterocycles. The van der Waals surface area contributed by atoms with E-state index in [0.717, 1.165) is 37.0 Å². The summed E-state index contributed by atoms with van der Waals surface area (Å²) >= 11 is 5.80. The molecular formula is C14H13ClN2O2. The van der Waals surface area contributed by atoms with Gasteiger partial charge in [0.15, 0.2) is 5.69 Å². The molecule has 19 heavy (non-hydrogen) atoms. The number of hydrogen-bond donors (Lipinski definition) is 1. The van der Waals surface area contributed by atoms with Gasteiger partial charge >= 0.3 is 0 Å². The summed E-state index contributed by atoms with van der Waals surface area (Å²) in [6.07, 6.45) is 3.91. The zero-order valence-electron chi connectivity index (χ0n) is 10.3. The van der Waals surface area contributed by atoms with E-state index in [1.165, 1.54) is 0 Å². The minimum Gasteiger partial charge on any atom is -0.360 e. The van der Waals surface area contributed by atoms with Crippen LogP contribution >= 0.6 is 11.6 Å². The summed E-state index contributed by atoms with van der Waals surface area (Å²) in [6.45, 7) is 0. The minimum atomic E-state index is -0.228. The summed E-state index contributed by atoms with van der Waals surface area (Å²) in [4.78, 5) is 12.2. The van der Waals surface area contributed by atoms with Gasteiger partial charge < -0.3 is 9.84 Å². The topological polar surface area (TPSA) is 55.1 Å². The number of hydrogen-bond acceptors (Lipinski definition) is 3. The van der Waals surface area contributed by atoms with Crippen LogP contribution in [0.1, 0.15) is 34.7 Å². The molecule has 0 radical (unpaired) electrons. The number of nitrogens with one attached hydrogen (secondary N) is 1. The Hall–Kier alpha value is -1.81. The minimum absolute atomic E-state index is 0.228. The fourth-order valence-electron chi connectivity index (χ4n) is 2.29. The van der Waals surface area contributed by atoms with Crippen molar-refractivity contribution in [2.24, 2.45) is 0 Å². The maximum Gasteiger partial charge on any atom is 0.278 e. The molecule has 4 nitrogen and oxygen atoms in total. The highest BCUT2D eigenvalue weighted by Crippen LogP contribution is 2.25. The quantitative estimate of drug-likeness (QED) is 0.914. The number of aromatic nitrogens is 1. The zero-order valence-corrected chi connectivity index (χ0v) is 11.0. The predicted octanol–water partition coefficient (Wildman–Crippen LogP) is 3.46. The van der Waals surface area contributed by atoms with Crippen LogP contribution in [0.4, 0.5) is 5.69 Å². The lowest BCUT2D eigenvalue weighted by atomic mass is 9.96. The van der Waals surface area contributed by atoms with Gasteiger partial charge in [0.2, 0.25) is 0 Å². The second-order valence-corrected chi connectivity index (χ2v) is 5.04. The van der Waals surface area contributed by atoms with Crippen LogP contribution in [-0.2, 0) is 12.8 Å². The third-order valence-electron chi connectivity index (χ3n) is 3.27. The molecule has 0 saturated heterocycles. The molecule has 1 aliphatic rings. The lowest BCUT2D eigenvalue weighted by molar-refractivity contribution is 0.101. The van der Waals surface area contributed by atoms with Crippen molar-refractivity contribution in [3.05, 3.63) is 46.3 Å². The monoisotopic (exact) mass is 276 g/mol. The molecule has 0 unspecified atom stereocenters. The molecule has 0 saturated carbocycles. The van der Waals surface area contributed by atoms with Gasteiger partial charge in [0, 0.05) is 22.7 Å². The Morgan fingerprint density at radius 1 is 1.21 bits per heavy atom.